The number of halogens is 4. The molecule has 9 heteroatoms. The third-order valence-corrected chi connectivity index (χ3v) is 4.34. The Labute approximate surface area is 139 Å². The second kappa shape index (κ2) is 8.73. The third-order valence-electron chi connectivity index (χ3n) is 4.34. The Morgan fingerprint density at radius 3 is 2.30 bits per heavy atom. The molecule has 2 heterocycles. The zero-order chi connectivity index (χ0) is 16.2. The number of alkyl halides is 3. The maximum absolute atomic E-state index is 12.3. The molecule has 1 atom stereocenters. The van der Waals surface area contributed by atoms with Gasteiger partial charge in [0.05, 0.1) is 6.04 Å². The van der Waals surface area contributed by atoms with Crippen LogP contribution < -0.4 is 10.6 Å². The minimum Gasteiger partial charge on any atom is -0.354 e. The molecule has 23 heavy (non-hydrogen) atoms. The second-order valence-electron chi connectivity index (χ2n) is 5.98. The highest BCUT2D eigenvalue weighted by atomic mass is 35.5. The molecule has 2 saturated heterocycles. The fraction of sp³-hybridized carbons (Fsp3) is 0.857. The Morgan fingerprint density at radius 1 is 1.13 bits per heavy atom. The van der Waals surface area contributed by atoms with Crippen molar-refractivity contribution in [2.75, 3.05) is 26.2 Å². The molecule has 0 aromatic heterocycles. The van der Waals surface area contributed by atoms with Gasteiger partial charge in [0.15, 0.2) is 0 Å². The van der Waals surface area contributed by atoms with Crippen LogP contribution in [-0.4, -0.2) is 55.1 Å². The first-order valence-corrected chi connectivity index (χ1v) is 7.75. The van der Waals surface area contributed by atoms with Crippen LogP contribution in [-0.2, 0) is 9.59 Å². The number of nitrogens with zero attached hydrogens (tertiary/aromatic N) is 1. The van der Waals surface area contributed by atoms with Gasteiger partial charge in [0.1, 0.15) is 0 Å². The lowest BCUT2D eigenvalue weighted by Gasteiger charge is -2.32. The third kappa shape index (κ3) is 5.84. The van der Waals surface area contributed by atoms with Crippen molar-refractivity contribution >= 4 is 24.2 Å². The monoisotopic (exact) mass is 357 g/mol. The molecule has 2 rings (SSSR count). The molecule has 134 valence electrons. The van der Waals surface area contributed by atoms with E-state index in [1.54, 1.807) is 0 Å². The van der Waals surface area contributed by atoms with E-state index in [1.807, 2.05) is 0 Å². The summed E-state index contributed by atoms with van der Waals surface area (Å²) in [4.78, 5) is 23.9. The van der Waals surface area contributed by atoms with E-state index in [-0.39, 0.29) is 43.4 Å². The van der Waals surface area contributed by atoms with Gasteiger partial charge in [-0.15, -0.1) is 12.4 Å². The van der Waals surface area contributed by atoms with Gasteiger partial charge in [-0.3, -0.25) is 9.59 Å². The molecule has 2 N–H and O–H groups in total. The van der Waals surface area contributed by atoms with E-state index in [2.05, 4.69) is 10.6 Å². The van der Waals surface area contributed by atoms with Crippen molar-refractivity contribution in [2.45, 2.75) is 44.3 Å². The van der Waals surface area contributed by atoms with Crippen molar-refractivity contribution in [3.05, 3.63) is 0 Å². The van der Waals surface area contributed by atoms with Crippen LogP contribution in [0.3, 0.4) is 0 Å². The lowest BCUT2D eigenvalue weighted by molar-refractivity contribution is -0.186. The predicted octanol–water partition coefficient (Wildman–Crippen LogP) is 1.47. The molecule has 2 aliphatic rings. The summed E-state index contributed by atoms with van der Waals surface area (Å²) in [5.74, 6) is -1.67. The number of hydrogen-bond donors (Lipinski definition) is 2. The van der Waals surface area contributed by atoms with Crippen molar-refractivity contribution in [3.63, 3.8) is 0 Å². The highest BCUT2D eigenvalue weighted by Crippen LogP contribution is 2.23. The molecule has 2 amide bonds. The Morgan fingerprint density at radius 2 is 1.78 bits per heavy atom. The molecule has 0 aromatic carbocycles. The van der Waals surface area contributed by atoms with Crippen LogP contribution in [0.25, 0.3) is 0 Å². The SMILES string of the molecule is Cl.O=C(NCC1CCN(C(=O)C(F)(F)F)CC1)C1CCCCN1. The van der Waals surface area contributed by atoms with E-state index < -0.39 is 12.1 Å². The van der Waals surface area contributed by atoms with Gasteiger partial charge in [0.25, 0.3) is 0 Å². The molecule has 1 unspecified atom stereocenters. The summed E-state index contributed by atoms with van der Waals surface area (Å²) < 4.78 is 37.0. The van der Waals surface area contributed by atoms with E-state index in [1.165, 1.54) is 0 Å². The standard InChI is InChI=1S/C14H22F3N3O2.ClH/c15-14(16,17)13(22)20-7-4-10(5-8-20)9-19-12(21)11-3-1-2-6-18-11;/h10-11,18H,1-9H2,(H,19,21);1H. The number of carbonyl (C=O) groups excluding carboxylic acids is 2. The van der Waals surface area contributed by atoms with Crippen LogP contribution in [0.15, 0.2) is 0 Å². The smallest absolute Gasteiger partial charge is 0.354 e. The Bertz CT molecular complexity index is 407. The summed E-state index contributed by atoms with van der Waals surface area (Å²) >= 11 is 0. The minimum absolute atomic E-state index is 0. The molecular weight excluding hydrogens is 335 g/mol. The highest BCUT2D eigenvalue weighted by molar-refractivity contribution is 5.85. The second-order valence-corrected chi connectivity index (χ2v) is 5.98. The summed E-state index contributed by atoms with van der Waals surface area (Å²) in [7, 11) is 0. The van der Waals surface area contributed by atoms with Gasteiger partial charge in [-0.05, 0) is 38.1 Å². The van der Waals surface area contributed by atoms with E-state index in [0.717, 1.165) is 30.7 Å². The first-order chi connectivity index (χ1) is 10.4. The number of hydrogen-bond acceptors (Lipinski definition) is 3. The number of nitrogens with one attached hydrogen (secondary N) is 2. The van der Waals surface area contributed by atoms with Crippen LogP contribution in [0.1, 0.15) is 32.1 Å². The topological polar surface area (TPSA) is 61.4 Å². The average Bonchev–Trinajstić information content (AvgIpc) is 2.52. The Hall–Kier alpha value is -1.02. The Balaban J connectivity index is 0.00000264. The van der Waals surface area contributed by atoms with Gasteiger partial charge >= 0.3 is 12.1 Å². The number of piperidine rings is 2. The molecule has 0 bridgehead atoms. The molecule has 0 radical (unpaired) electrons. The van der Waals surface area contributed by atoms with Crippen molar-refractivity contribution in [1.82, 2.24) is 15.5 Å². The molecule has 0 spiro atoms. The van der Waals surface area contributed by atoms with Gasteiger partial charge in [-0.25, -0.2) is 0 Å². The van der Waals surface area contributed by atoms with E-state index in [0.29, 0.717) is 19.4 Å². The van der Waals surface area contributed by atoms with Gasteiger partial charge < -0.3 is 15.5 Å². The normalized spacial score (nSPS) is 23.1. The molecule has 0 aliphatic carbocycles. The van der Waals surface area contributed by atoms with Gasteiger partial charge in [0.2, 0.25) is 5.91 Å². The first-order valence-electron chi connectivity index (χ1n) is 7.75. The Kier molecular flexibility index (Phi) is 7.60. The fourth-order valence-corrected chi connectivity index (χ4v) is 2.96. The summed E-state index contributed by atoms with van der Waals surface area (Å²) in [6.07, 6.45) is -0.892. The largest absolute Gasteiger partial charge is 0.471 e. The van der Waals surface area contributed by atoms with Gasteiger partial charge in [0, 0.05) is 19.6 Å². The molecule has 2 fully saturated rings. The van der Waals surface area contributed by atoms with E-state index >= 15 is 0 Å². The molecule has 2 aliphatic heterocycles. The van der Waals surface area contributed by atoms with Crippen LogP contribution >= 0.6 is 12.4 Å². The number of likely N-dealkylation sites (tertiary alicyclic amines) is 1. The molecular formula is C14H23ClF3N3O2. The summed E-state index contributed by atoms with van der Waals surface area (Å²) in [6, 6.07) is -0.152. The zero-order valence-corrected chi connectivity index (χ0v) is 13.6. The van der Waals surface area contributed by atoms with E-state index in [9.17, 15) is 22.8 Å². The average molecular weight is 358 g/mol. The maximum Gasteiger partial charge on any atom is 0.471 e. The number of carbonyl (C=O) groups is 2. The van der Waals surface area contributed by atoms with Crippen LogP contribution in [0, 0.1) is 5.92 Å². The predicted molar refractivity (Wildman–Crippen MR) is 81.3 cm³/mol. The van der Waals surface area contributed by atoms with Crippen molar-refractivity contribution < 1.29 is 22.8 Å². The summed E-state index contributed by atoms with van der Waals surface area (Å²) in [6.45, 7) is 1.50. The summed E-state index contributed by atoms with van der Waals surface area (Å²) in [5.41, 5.74) is 0. The number of amides is 2. The maximum atomic E-state index is 12.3. The molecule has 5 nitrogen and oxygen atoms in total. The fourth-order valence-electron chi connectivity index (χ4n) is 2.96. The molecule has 0 aromatic rings. The lowest BCUT2D eigenvalue weighted by atomic mass is 9.96. The van der Waals surface area contributed by atoms with Crippen LogP contribution in [0.2, 0.25) is 0 Å². The zero-order valence-electron chi connectivity index (χ0n) is 12.8. The van der Waals surface area contributed by atoms with Gasteiger partial charge in [-0.1, -0.05) is 6.42 Å². The van der Waals surface area contributed by atoms with Crippen LogP contribution in [0.5, 0.6) is 0 Å². The first kappa shape index (κ1) is 20.0. The summed E-state index contributed by atoms with van der Waals surface area (Å²) in [5, 5.41) is 6.02. The minimum atomic E-state index is -4.80. The lowest BCUT2D eigenvalue weighted by Crippen LogP contribution is -2.49. The number of rotatable bonds is 3. The van der Waals surface area contributed by atoms with E-state index in [4.69, 9.17) is 0 Å². The van der Waals surface area contributed by atoms with Crippen molar-refractivity contribution in [3.8, 4) is 0 Å². The van der Waals surface area contributed by atoms with Crippen molar-refractivity contribution in [2.24, 2.45) is 5.92 Å². The molecule has 0 saturated carbocycles. The van der Waals surface area contributed by atoms with Crippen molar-refractivity contribution in [1.29, 1.82) is 0 Å². The quantitative estimate of drug-likeness (QED) is 0.804. The highest BCUT2D eigenvalue weighted by Gasteiger charge is 2.43. The van der Waals surface area contributed by atoms with Gasteiger partial charge in [-0.2, -0.15) is 13.2 Å². The van der Waals surface area contributed by atoms with Crippen LogP contribution in [0.4, 0.5) is 13.2 Å².